The molecule has 2 aliphatic rings. The SMILES string of the molecule is C=C/C=C(/CC)NC(C)=NCCC[C@H](c1ccc(OC)c(OC)c1)N1Cc2c(cccc2N2CCN(CC)CC2)C1=O. The van der Waals surface area contributed by atoms with Gasteiger partial charge in [-0.05, 0) is 68.6 Å². The average Bonchev–Trinajstić information content (AvgIpc) is 3.36. The molecule has 1 amide bonds. The third-order valence-corrected chi connectivity index (χ3v) is 8.33. The number of piperazine rings is 1. The molecule has 0 aliphatic carbocycles. The van der Waals surface area contributed by atoms with Gasteiger partial charge < -0.3 is 29.5 Å². The number of rotatable bonds is 13. The summed E-state index contributed by atoms with van der Waals surface area (Å²) in [6.07, 6.45) is 6.25. The van der Waals surface area contributed by atoms with Crippen molar-refractivity contribution in [2.45, 2.75) is 52.6 Å². The number of hydrogen-bond donors (Lipinski definition) is 1. The number of nitrogens with zero attached hydrogens (tertiary/aromatic N) is 4. The maximum Gasteiger partial charge on any atom is 0.255 e. The number of allylic oxidation sites excluding steroid dienone is 3. The number of anilines is 1. The van der Waals surface area contributed by atoms with Gasteiger partial charge in [-0.15, -0.1) is 0 Å². The maximum atomic E-state index is 14.0. The normalized spacial score (nSPS) is 16.8. The van der Waals surface area contributed by atoms with E-state index in [0.717, 1.165) is 80.2 Å². The lowest BCUT2D eigenvalue weighted by molar-refractivity contribution is 0.0689. The monoisotopic (exact) mass is 573 g/mol. The molecule has 8 nitrogen and oxygen atoms in total. The van der Waals surface area contributed by atoms with Gasteiger partial charge in [0.05, 0.1) is 26.1 Å². The molecule has 2 aromatic rings. The second-order valence-corrected chi connectivity index (χ2v) is 10.8. The van der Waals surface area contributed by atoms with Crippen LogP contribution in [0.3, 0.4) is 0 Å². The number of likely N-dealkylation sites (N-methyl/N-ethyl adjacent to an activating group) is 1. The zero-order valence-electron chi connectivity index (χ0n) is 26.0. The van der Waals surface area contributed by atoms with Crippen LogP contribution in [0.4, 0.5) is 5.69 Å². The largest absolute Gasteiger partial charge is 0.493 e. The van der Waals surface area contributed by atoms with Gasteiger partial charge in [0, 0.05) is 61.8 Å². The number of carbonyl (C=O) groups excluding carboxylic acids is 1. The second kappa shape index (κ2) is 14.9. The van der Waals surface area contributed by atoms with Crippen LogP contribution in [0.1, 0.15) is 67.6 Å². The predicted octanol–water partition coefficient (Wildman–Crippen LogP) is 5.81. The highest BCUT2D eigenvalue weighted by Gasteiger charge is 2.36. The molecule has 2 aliphatic heterocycles. The van der Waals surface area contributed by atoms with Gasteiger partial charge in [0.1, 0.15) is 0 Å². The zero-order valence-corrected chi connectivity index (χ0v) is 26.0. The molecule has 1 atom stereocenters. The van der Waals surface area contributed by atoms with Crippen molar-refractivity contribution >= 4 is 17.4 Å². The Balaban J connectivity index is 1.57. The molecule has 0 unspecified atom stereocenters. The van der Waals surface area contributed by atoms with Crippen molar-refractivity contribution in [2.24, 2.45) is 4.99 Å². The molecule has 2 aromatic carbocycles. The molecule has 0 bridgehead atoms. The summed E-state index contributed by atoms with van der Waals surface area (Å²) in [6, 6.07) is 12.1. The number of nitrogens with one attached hydrogen (secondary N) is 1. The van der Waals surface area contributed by atoms with Gasteiger partial charge in [-0.3, -0.25) is 9.79 Å². The van der Waals surface area contributed by atoms with Crippen molar-refractivity contribution in [3.63, 3.8) is 0 Å². The number of amides is 1. The van der Waals surface area contributed by atoms with Crippen LogP contribution in [0, 0.1) is 0 Å². The minimum absolute atomic E-state index is 0.0855. The molecular weight excluding hydrogens is 526 g/mol. The van der Waals surface area contributed by atoms with Crippen molar-refractivity contribution in [1.29, 1.82) is 0 Å². The summed E-state index contributed by atoms with van der Waals surface area (Å²) in [7, 11) is 3.29. The first-order valence-electron chi connectivity index (χ1n) is 15.2. The summed E-state index contributed by atoms with van der Waals surface area (Å²) in [6.45, 7) is 16.5. The van der Waals surface area contributed by atoms with Gasteiger partial charge in [0.15, 0.2) is 11.5 Å². The molecule has 0 radical (unpaired) electrons. The first-order chi connectivity index (χ1) is 20.4. The lowest BCUT2D eigenvalue weighted by Gasteiger charge is -2.36. The van der Waals surface area contributed by atoms with E-state index in [1.54, 1.807) is 20.3 Å². The number of benzene rings is 2. The van der Waals surface area contributed by atoms with E-state index >= 15 is 0 Å². The Hall–Kier alpha value is -3.78. The van der Waals surface area contributed by atoms with E-state index in [9.17, 15) is 4.79 Å². The van der Waals surface area contributed by atoms with Crippen molar-refractivity contribution in [3.8, 4) is 11.5 Å². The number of carbonyl (C=O) groups is 1. The first kappa shape index (κ1) is 31.2. The fraction of sp³-hybridized carbons (Fsp3) is 0.471. The molecule has 8 heteroatoms. The predicted molar refractivity (Wildman–Crippen MR) is 172 cm³/mol. The third kappa shape index (κ3) is 7.16. The third-order valence-electron chi connectivity index (χ3n) is 8.33. The summed E-state index contributed by atoms with van der Waals surface area (Å²) in [5.41, 5.74) is 5.26. The Bertz CT molecular complexity index is 1300. The first-order valence-corrected chi connectivity index (χ1v) is 15.2. The van der Waals surface area contributed by atoms with Crippen molar-refractivity contribution in [3.05, 3.63) is 77.5 Å². The van der Waals surface area contributed by atoms with Crippen LogP contribution in [0.2, 0.25) is 0 Å². The fourth-order valence-corrected chi connectivity index (χ4v) is 5.95. The van der Waals surface area contributed by atoms with Crippen LogP contribution >= 0.6 is 0 Å². The fourth-order valence-electron chi connectivity index (χ4n) is 5.95. The highest BCUT2D eigenvalue weighted by Crippen LogP contribution is 2.40. The highest BCUT2D eigenvalue weighted by molar-refractivity contribution is 6.00. The zero-order chi connectivity index (χ0) is 30.1. The van der Waals surface area contributed by atoms with Crippen LogP contribution in [0.15, 0.2) is 65.8 Å². The number of aliphatic imine (C=N–C) groups is 1. The highest BCUT2D eigenvalue weighted by atomic mass is 16.5. The van der Waals surface area contributed by atoms with Crippen LogP contribution in [-0.2, 0) is 6.54 Å². The minimum Gasteiger partial charge on any atom is -0.493 e. The molecule has 0 saturated carbocycles. The van der Waals surface area contributed by atoms with Crippen molar-refractivity contribution in [1.82, 2.24) is 15.1 Å². The number of fused-ring (bicyclic) bond motifs is 1. The van der Waals surface area contributed by atoms with Gasteiger partial charge in [-0.25, -0.2) is 0 Å². The van der Waals surface area contributed by atoms with E-state index in [4.69, 9.17) is 14.5 Å². The second-order valence-electron chi connectivity index (χ2n) is 10.8. The summed E-state index contributed by atoms with van der Waals surface area (Å²) in [5.74, 6) is 2.31. The average molecular weight is 574 g/mol. The molecule has 0 aromatic heterocycles. The molecule has 226 valence electrons. The Morgan fingerprint density at radius 2 is 1.86 bits per heavy atom. The Labute approximate surface area is 251 Å². The lowest BCUT2D eigenvalue weighted by Crippen LogP contribution is -2.46. The van der Waals surface area contributed by atoms with Crippen molar-refractivity contribution in [2.75, 3.05) is 58.4 Å². The molecular formula is C34H47N5O3. The molecule has 42 heavy (non-hydrogen) atoms. The van der Waals surface area contributed by atoms with Gasteiger partial charge in [0.25, 0.3) is 5.91 Å². The van der Waals surface area contributed by atoms with E-state index in [2.05, 4.69) is 47.7 Å². The molecule has 2 heterocycles. The van der Waals surface area contributed by atoms with Crippen LogP contribution in [-0.4, -0.2) is 75.0 Å². The van der Waals surface area contributed by atoms with Gasteiger partial charge in [-0.1, -0.05) is 38.6 Å². The Kier molecular flexibility index (Phi) is 11.1. The smallest absolute Gasteiger partial charge is 0.255 e. The molecule has 0 spiro atoms. The van der Waals surface area contributed by atoms with Gasteiger partial charge in [0.2, 0.25) is 0 Å². The van der Waals surface area contributed by atoms with E-state index in [0.29, 0.717) is 24.6 Å². The van der Waals surface area contributed by atoms with Crippen LogP contribution in [0.5, 0.6) is 11.5 Å². The minimum atomic E-state index is -0.121. The summed E-state index contributed by atoms with van der Waals surface area (Å²) in [4.78, 5) is 25.7. The number of amidine groups is 1. The van der Waals surface area contributed by atoms with E-state index in [1.165, 1.54) is 5.69 Å². The molecule has 4 rings (SSSR count). The van der Waals surface area contributed by atoms with Crippen LogP contribution in [0.25, 0.3) is 0 Å². The van der Waals surface area contributed by atoms with E-state index in [-0.39, 0.29) is 11.9 Å². The van der Waals surface area contributed by atoms with Gasteiger partial charge in [-0.2, -0.15) is 0 Å². The van der Waals surface area contributed by atoms with Gasteiger partial charge >= 0.3 is 0 Å². The van der Waals surface area contributed by atoms with E-state index in [1.807, 2.05) is 42.2 Å². The summed E-state index contributed by atoms with van der Waals surface area (Å²) < 4.78 is 11.1. The topological polar surface area (TPSA) is 69.6 Å². The quantitative estimate of drug-likeness (QED) is 0.141. The van der Waals surface area contributed by atoms with Crippen LogP contribution < -0.4 is 19.7 Å². The van der Waals surface area contributed by atoms with E-state index < -0.39 is 0 Å². The van der Waals surface area contributed by atoms with Crippen molar-refractivity contribution < 1.29 is 14.3 Å². The molecule has 1 saturated heterocycles. The Morgan fingerprint density at radius 1 is 1.10 bits per heavy atom. The number of methoxy groups -OCH3 is 2. The standard InChI is InChI=1S/C34H47N5O3/c1-7-12-27(8-2)36-25(4)35-18-11-15-30(26-16-17-32(41-5)33(23-26)42-6)39-24-29-28(34(39)40)13-10-14-31(29)38-21-19-37(9-3)20-22-38/h7,10,12-14,16-17,23,30H,1,8-9,11,15,18-22,24H2,2-6H3,(H,35,36)/b27-12-/t30-/m1/s1. The number of ether oxygens (including phenoxy) is 2. The number of hydrogen-bond acceptors (Lipinski definition) is 6. The maximum absolute atomic E-state index is 14.0. The lowest BCUT2D eigenvalue weighted by atomic mass is 9.99. The molecule has 1 N–H and O–H groups in total. The Morgan fingerprint density at radius 3 is 2.52 bits per heavy atom. The summed E-state index contributed by atoms with van der Waals surface area (Å²) in [5, 5.41) is 3.37. The molecule has 1 fully saturated rings. The summed E-state index contributed by atoms with van der Waals surface area (Å²) >= 11 is 0.